The van der Waals surface area contributed by atoms with Gasteiger partial charge in [0, 0.05) is 0 Å². The Bertz CT molecular complexity index is 252. The lowest BCUT2D eigenvalue weighted by molar-refractivity contribution is 0.365. The van der Waals surface area contributed by atoms with Crippen LogP contribution in [0.3, 0.4) is 0 Å². The van der Waals surface area contributed by atoms with Crippen LogP contribution in [0.2, 0.25) is 0 Å². The van der Waals surface area contributed by atoms with Crippen LogP contribution in [-0.2, 0) is 12.3 Å². The van der Waals surface area contributed by atoms with E-state index >= 15 is 0 Å². The zero-order chi connectivity index (χ0) is 10.2. The number of aromatic nitrogens is 2. The molecule has 0 spiro atoms. The lowest BCUT2D eigenvalue weighted by Crippen LogP contribution is -2.11. The number of hydrogen-bond acceptors (Lipinski definition) is 5. The minimum atomic E-state index is 0.669. The van der Waals surface area contributed by atoms with Crippen molar-refractivity contribution in [3.8, 4) is 0 Å². The summed E-state index contributed by atoms with van der Waals surface area (Å²) in [4.78, 5) is 4.26. The summed E-state index contributed by atoms with van der Waals surface area (Å²) >= 11 is 1.84. The van der Waals surface area contributed by atoms with Crippen molar-refractivity contribution < 1.29 is 4.52 Å². The van der Waals surface area contributed by atoms with Crippen molar-refractivity contribution in [2.45, 2.75) is 32.6 Å². The molecule has 0 aliphatic heterocycles. The summed E-state index contributed by atoms with van der Waals surface area (Å²) in [5, 5.41) is 7.04. The highest BCUT2D eigenvalue weighted by molar-refractivity contribution is 7.98. The van der Waals surface area contributed by atoms with E-state index in [0.29, 0.717) is 12.4 Å². The molecule has 1 aromatic rings. The van der Waals surface area contributed by atoms with E-state index in [1.54, 1.807) is 0 Å². The molecule has 1 N–H and O–H groups in total. The van der Waals surface area contributed by atoms with Gasteiger partial charge in [0.15, 0.2) is 5.82 Å². The molecular weight excluding hydrogens is 198 g/mol. The zero-order valence-electron chi connectivity index (χ0n) is 8.75. The van der Waals surface area contributed by atoms with Gasteiger partial charge in [-0.3, -0.25) is 0 Å². The number of rotatable bonds is 7. The third kappa shape index (κ3) is 4.11. The lowest BCUT2D eigenvalue weighted by atomic mass is 10.6. The van der Waals surface area contributed by atoms with Crippen molar-refractivity contribution in [2.75, 3.05) is 12.3 Å². The van der Waals surface area contributed by atoms with Gasteiger partial charge < -0.3 is 9.84 Å². The van der Waals surface area contributed by atoms with E-state index in [9.17, 15) is 0 Å². The quantitative estimate of drug-likeness (QED) is 0.703. The zero-order valence-corrected chi connectivity index (χ0v) is 9.56. The van der Waals surface area contributed by atoms with Gasteiger partial charge >= 0.3 is 0 Å². The van der Waals surface area contributed by atoms with Crippen LogP contribution in [0.4, 0.5) is 0 Å². The summed E-state index contributed by atoms with van der Waals surface area (Å²) in [6.07, 6.45) is 1.19. The molecule has 1 aromatic heterocycles. The summed E-state index contributed by atoms with van der Waals surface area (Å²) in [7, 11) is 0. The van der Waals surface area contributed by atoms with Crippen molar-refractivity contribution in [2.24, 2.45) is 0 Å². The number of hydrogen-bond donors (Lipinski definition) is 1. The third-order valence-corrected chi connectivity index (χ3v) is 2.78. The second-order valence-corrected chi connectivity index (χ2v) is 4.04. The van der Waals surface area contributed by atoms with E-state index in [1.807, 2.05) is 18.7 Å². The van der Waals surface area contributed by atoms with Gasteiger partial charge in [0.1, 0.15) is 0 Å². The average molecular weight is 215 g/mol. The fourth-order valence-electron chi connectivity index (χ4n) is 0.960. The maximum Gasteiger partial charge on any atom is 0.240 e. The van der Waals surface area contributed by atoms with Crippen molar-refractivity contribution >= 4 is 11.8 Å². The fraction of sp³-hybridized carbons (Fsp3) is 0.778. The maximum atomic E-state index is 5.06. The molecule has 0 unspecified atom stereocenters. The summed E-state index contributed by atoms with van der Waals surface area (Å²) in [6, 6.07) is 0. The average Bonchev–Trinajstić information content (AvgIpc) is 2.63. The molecule has 0 saturated carbocycles. The first kappa shape index (κ1) is 11.5. The van der Waals surface area contributed by atoms with Gasteiger partial charge in [-0.25, -0.2) is 0 Å². The van der Waals surface area contributed by atoms with Crippen LogP contribution in [0.15, 0.2) is 4.52 Å². The smallest absolute Gasteiger partial charge is 0.240 e. The molecule has 0 amide bonds. The largest absolute Gasteiger partial charge is 0.338 e. The van der Waals surface area contributed by atoms with Crippen molar-refractivity contribution in [3.05, 3.63) is 11.7 Å². The second kappa shape index (κ2) is 6.84. The Morgan fingerprint density at radius 3 is 3.00 bits per heavy atom. The Labute approximate surface area is 88.8 Å². The van der Waals surface area contributed by atoms with E-state index in [0.717, 1.165) is 23.9 Å². The molecule has 0 aromatic carbocycles. The molecule has 1 heterocycles. The van der Waals surface area contributed by atoms with Gasteiger partial charge in [-0.1, -0.05) is 19.0 Å². The molecule has 0 saturated heterocycles. The number of nitrogens with one attached hydrogen (secondary N) is 1. The molecule has 80 valence electrons. The van der Waals surface area contributed by atoms with E-state index < -0.39 is 0 Å². The van der Waals surface area contributed by atoms with Gasteiger partial charge in [0.25, 0.3) is 0 Å². The molecule has 0 aliphatic carbocycles. The van der Waals surface area contributed by atoms with Crippen LogP contribution >= 0.6 is 11.8 Å². The molecule has 0 aliphatic rings. The SMILES string of the molecule is CCCSCc1noc(CNCC)n1. The van der Waals surface area contributed by atoms with Crippen LogP contribution in [0.5, 0.6) is 0 Å². The summed E-state index contributed by atoms with van der Waals surface area (Å²) < 4.78 is 5.06. The minimum absolute atomic E-state index is 0.669. The van der Waals surface area contributed by atoms with Gasteiger partial charge in [-0.2, -0.15) is 16.7 Å². The minimum Gasteiger partial charge on any atom is -0.338 e. The van der Waals surface area contributed by atoms with E-state index in [4.69, 9.17) is 4.52 Å². The maximum absolute atomic E-state index is 5.06. The third-order valence-electron chi connectivity index (χ3n) is 1.62. The van der Waals surface area contributed by atoms with Gasteiger partial charge in [-0.15, -0.1) is 0 Å². The first-order valence-corrected chi connectivity index (χ1v) is 6.12. The summed E-state index contributed by atoms with van der Waals surface area (Å²) in [6.45, 7) is 5.80. The monoisotopic (exact) mass is 215 g/mol. The van der Waals surface area contributed by atoms with Crippen LogP contribution in [0.25, 0.3) is 0 Å². The lowest BCUT2D eigenvalue weighted by Gasteiger charge is -1.93. The van der Waals surface area contributed by atoms with Crippen molar-refractivity contribution in [3.63, 3.8) is 0 Å². The van der Waals surface area contributed by atoms with Crippen LogP contribution in [0.1, 0.15) is 32.0 Å². The molecule has 4 nitrogen and oxygen atoms in total. The van der Waals surface area contributed by atoms with Crippen LogP contribution in [-0.4, -0.2) is 22.4 Å². The molecule has 5 heteroatoms. The molecule has 14 heavy (non-hydrogen) atoms. The molecule has 0 atom stereocenters. The fourth-order valence-corrected chi connectivity index (χ4v) is 1.69. The predicted molar refractivity (Wildman–Crippen MR) is 58.1 cm³/mol. The van der Waals surface area contributed by atoms with E-state index in [-0.39, 0.29) is 0 Å². The highest BCUT2D eigenvalue weighted by atomic mass is 32.2. The summed E-state index contributed by atoms with van der Waals surface area (Å²) in [5.41, 5.74) is 0. The van der Waals surface area contributed by atoms with Crippen molar-refractivity contribution in [1.29, 1.82) is 0 Å². The van der Waals surface area contributed by atoms with Gasteiger partial charge in [0.2, 0.25) is 5.89 Å². The normalized spacial score (nSPS) is 10.7. The Morgan fingerprint density at radius 1 is 1.43 bits per heavy atom. The second-order valence-electron chi connectivity index (χ2n) is 2.94. The number of nitrogens with zero attached hydrogens (tertiary/aromatic N) is 2. The van der Waals surface area contributed by atoms with Crippen LogP contribution < -0.4 is 5.32 Å². The Hall–Kier alpha value is -0.550. The Kier molecular flexibility index (Phi) is 5.63. The summed E-state index contributed by atoms with van der Waals surface area (Å²) in [5.74, 6) is 3.48. The number of thioether (sulfide) groups is 1. The van der Waals surface area contributed by atoms with E-state index in [1.165, 1.54) is 6.42 Å². The van der Waals surface area contributed by atoms with Gasteiger partial charge in [0.05, 0.1) is 12.3 Å². The molecule has 1 rings (SSSR count). The Morgan fingerprint density at radius 2 is 2.29 bits per heavy atom. The highest BCUT2D eigenvalue weighted by Gasteiger charge is 2.04. The Balaban J connectivity index is 2.27. The van der Waals surface area contributed by atoms with Crippen LogP contribution in [0, 0.1) is 0 Å². The highest BCUT2D eigenvalue weighted by Crippen LogP contribution is 2.09. The van der Waals surface area contributed by atoms with Gasteiger partial charge in [-0.05, 0) is 18.7 Å². The van der Waals surface area contributed by atoms with E-state index in [2.05, 4.69) is 22.4 Å². The van der Waals surface area contributed by atoms with Crippen molar-refractivity contribution in [1.82, 2.24) is 15.5 Å². The first-order valence-electron chi connectivity index (χ1n) is 4.96. The standard InChI is InChI=1S/C9H17N3OS/c1-3-5-14-7-8-11-9(13-12-8)6-10-4-2/h10H,3-7H2,1-2H3. The first-order chi connectivity index (χ1) is 6.86. The molecular formula is C9H17N3OS. The topological polar surface area (TPSA) is 51.0 Å². The molecule has 0 radical (unpaired) electrons. The molecule has 0 bridgehead atoms. The molecule has 0 fully saturated rings. The predicted octanol–water partition coefficient (Wildman–Crippen LogP) is 1.82.